The summed E-state index contributed by atoms with van der Waals surface area (Å²) in [7, 11) is 0. The highest BCUT2D eigenvalue weighted by Crippen LogP contribution is 2.15. The van der Waals surface area contributed by atoms with E-state index in [1.807, 2.05) is 6.92 Å². The summed E-state index contributed by atoms with van der Waals surface area (Å²) in [4.78, 5) is 9.49. The monoisotopic (exact) mass is 278 g/mol. The molecule has 0 aliphatic rings. The highest BCUT2D eigenvalue weighted by atomic mass is 15.2. The summed E-state index contributed by atoms with van der Waals surface area (Å²) in [6.45, 7) is 14.7. The molecule has 0 fully saturated rings. The predicted octanol–water partition coefficient (Wildman–Crippen LogP) is 2.41. The molecular weight excluding hydrogens is 248 g/mol. The van der Waals surface area contributed by atoms with E-state index in [-0.39, 0.29) is 0 Å². The molecule has 0 aliphatic carbocycles. The molecular formula is C16H30N4. The van der Waals surface area contributed by atoms with Crippen LogP contribution in [-0.2, 0) is 6.54 Å². The summed E-state index contributed by atoms with van der Waals surface area (Å²) in [5, 5.41) is 0. The van der Waals surface area contributed by atoms with E-state index in [2.05, 4.69) is 47.7 Å². The van der Waals surface area contributed by atoms with Crippen molar-refractivity contribution in [3.05, 3.63) is 23.4 Å². The van der Waals surface area contributed by atoms with E-state index in [4.69, 9.17) is 5.73 Å². The maximum atomic E-state index is 5.69. The SMILES string of the molecule is CCN(CC)CCCN(CC)c1ccc(CN)c(C)n1. The van der Waals surface area contributed by atoms with E-state index >= 15 is 0 Å². The predicted molar refractivity (Wildman–Crippen MR) is 87.2 cm³/mol. The molecule has 0 aromatic carbocycles. The maximum absolute atomic E-state index is 5.69. The number of aryl methyl sites for hydroxylation is 1. The third-order valence-electron chi connectivity index (χ3n) is 3.90. The molecule has 0 amide bonds. The lowest BCUT2D eigenvalue weighted by atomic mass is 10.2. The standard InChI is InChI=1S/C16H30N4/c1-5-19(6-2)11-8-12-20(7-3)16-10-9-15(13-17)14(4)18-16/h9-10H,5-8,11-13,17H2,1-4H3. The number of pyridine rings is 1. The summed E-state index contributed by atoms with van der Waals surface area (Å²) >= 11 is 0. The van der Waals surface area contributed by atoms with Gasteiger partial charge in [-0.3, -0.25) is 0 Å². The van der Waals surface area contributed by atoms with Crippen molar-refractivity contribution in [2.45, 2.75) is 40.7 Å². The van der Waals surface area contributed by atoms with Gasteiger partial charge in [-0.1, -0.05) is 19.9 Å². The van der Waals surface area contributed by atoms with Gasteiger partial charge in [0.15, 0.2) is 0 Å². The minimum absolute atomic E-state index is 0.563. The summed E-state index contributed by atoms with van der Waals surface area (Å²) in [6, 6.07) is 4.20. The zero-order valence-corrected chi connectivity index (χ0v) is 13.5. The fraction of sp³-hybridized carbons (Fsp3) is 0.688. The molecule has 2 N–H and O–H groups in total. The number of nitrogens with two attached hydrogens (primary N) is 1. The van der Waals surface area contributed by atoms with Gasteiger partial charge >= 0.3 is 0 Å². The summed E-state index contributed by atoms with van der Waals surface area (Å²) < 4.78 is 0. The van der Waals surface area contributed by atoms with Crippen molar-refractivity contribution in [1.29, 1.82) is 0 Å². The van der Waals surface area contributed by atoms with Gasteiger partial charge < -0.3 is 15.5 Å². The second-order valence-electron chi connectivity index (χ2n) is 5.08. The molecule has 0 unspecified atom stereocenters. The molecule has 0 atom stereocenters. The number of hydrogen-bond donors (Lipinski definition) is 1. The smallest absolute Gasteiger partial charge is 0.128 e. The second kappa shape index (κ2) is 8.93. The zero-order chi connectivity index (χ0) is 15.0. The lowest BCUT2D eigenvalue weighted by Gasteiger charge is -2.25. The average Bonchev–Trinajstić information content (AvgIpc) is 2.47. The number of aromatic nitrogens is 1. The summed E-state index contributed by atoms with van der Waals surface area (Å²) in [6.07, 6.45) is 1.18. The molecule has 0 aliphatic heterocycles. The van der Waals surface area contributed by atoms with Crippen molar-refractivity contribution in [3.8, 4) is 0 Å². The van der Waals surface area contributed by atoms with E-state index < -0.39 is 0 Å². The Morgan fingerprint density at radius 2 is 1.75 bits per heavy atom. The van der Waals surface area contributed by atoms with Crippen molar-refractivity contribution in [1.82, 2.24) is 9.88 Å². The molecule has 0 spiro atoms. The van der Waals surface area contributed by atoms with Gasteiger partial charge in [0.2, 0.25) is 0 Å². The molecule has 1 aromatic heterocycles. The van der Waals surface area contributed by atoms with Crippen molar-refractivity contribution >= 4 is 5.82 Å². The van der Waals surface area contributed by atoms with E-state index in [1.165, 1.54) is 6.42 Å². The first-order valence-corrected chi connectivity index (χ1v) is 7.80. The highest BCUT2D eigenvalue weighted by molar-refractivity contribution is 5.41. The van der Waals surface area contributed by atoms with Gasteiger partial charge in [0.05, 0.1) is 0 Å². The van der Waals surface area contributed by atoms with Gasteiger partial charge in [0, 0.05) is 25.3 Å². The van der Waals surface area contributed by atoms with Gasteiger partial charge in [0.1, 0.15) is 5.82 Å². The molecule has 0 radical (unpaired) electrons. The van der Waals surface area contributed by atoms with Gasteiger partial charge in [-0.15, -0.1) is 0 Å². The molecule has 20 heavy (non-hydrogen) atoms. The van der Waals surface area contributed by atoms with Crippen LogP contribution in [0.2, 0.25) is 0 Å². The van der Waals surface area contributed by atoms with Crippen LogP contribution in [0.1, 0.15) is 38.4 Å². The Bertz CT molecular complexity index is 388. The topological polar surface area (TPSA) is 45.4 Å². The van der Waals surface area contributed by atoms with Crippen molar-refractivity contribution < 1.29 is 0 Å². The summed E-state index contributed by atoms with van der Waals surface area (Å²) in [5.74, 6) is 1.07. The molecule has 0 saturated heterocycles. The Kier molecular flexibility index (Phi) is 7.55. The minimum atomic E-state index is 0.563. The Hall–Kier alpha value is -1.13. The van der Waals surface area contributed by atoms with Crippen LogP contribution in [0.15, 0.2) is 12.1 Å². The van der Waals surface area contributed by atoms with Crippen LogP contribution in [0.25, 0.3) is 0 Å². The Balaban J connectivity index is 2.59. The van der Waals surface area contributed by atoms with Crippen LogP contribution >= 0.6 is 0 Å². The maximum Gasteiger partial charge on any atom is 0.128 e. The number of anilines is 1. The van der Waals surface area contributed by atoms with Crippen molar-refractivity contribution in [2.24, 2.45) is 5.73 Å². The van der Waals surface area contributed by atoms with Crippen molar-refractivity contribution in [3.63, 3.8) is 0 Å². The lowest BCUT2D eigenvalue weighted by molar-refractivity contribution is 0.300. The van der Waals surface area contributed by atoms with Crippen LogP contribution < -0.4 is 10.6 Å². The lowest BCUT2D eigenvalue weighted by Crippen LogP contribution is -2.30. The molecule has 0 saturated carbocycles. The molecule has 4 heteroatoms. The second-order valence-corrected chi connectivity index (χ2v) is 5.08. The fourth-order valence-corrected chi connectivity index (χ4v) is 2.43. The number of rotatable bonds is 9. The van der Waals surface area contributed by atoms with Gasteiger partial charge in [-0.05, 0) is 51.5 Å². The highest BCUT2D eigenvalue weighted by Gasteiger charge is 2.08. The van der Waals surface area contributed by atoms with Gasteiger partial charge in [-0.25, -0.2) is 4.98 Å². The van der Waals surface area contributed by atoms with Gasteiger partial charge in [-0.2, -0.15) is 0 Å². The van der Waals surface area contributed by atoms with Gasteiger partial charge in [0.25, 0.3) is 0 Å². The van der Waals surface area contributed by atoms with E-state index in [1.54, 1.807) is 0 Å². The fourth-order valence-electron chi connectivity index (χ4n) is 2.43. The van der Waals surface area contributed by atoms with Crippen molar-refractivity contribution in [2.75, 3.05) is 37.6 Å². The average molecular weight is 278 g/mol. The van der Waals surface area contributed by atoms with Crippen LogP contribution in [0.4, 0.5) is 5.82 Å². The first-order chi connectivity index (χ1) is 9.65. The van der Waals surface area contributed by atoms with Crippen LogP contribution in [0, 0.1) is 6.92 Å². The third-order valence-corrected chi connectivity index (χ3v) is 3.90. The number of hydrogen-bond acceptors (Lipinski definition) is 4. The van der Waals surface area contributed by atoms with E-state index in [0.717, 1.165) is 49.8 Å². The largest absolute Gasteiger partial charge is 0.357 e. The minimum Gasteiger partial charge on any atom is -0.357 e. The van der Waals surface area contributed by atoms with Crippen LogP contribution in [0.5, 0.6) is 0 Å². The normalized spacial score (nSPS) is 11.1. The number of nitrogens with zero attached hydrogens (tertiary/aromatic N) is 3. The molecule has 1 heterocycles. The Morgan fingerprint density at radius 1 is 1.05 bits per heavy atom. The molecule has 4 nitrogen and oxygen atoms in total. The Labute approximate surface area is 124 Å². The first-order valence-electron chi connectivity index (χ1n) is 7.80. The Morgan fingerprint density at radius 3 is 2.25 bits per heavy atom. The van der Waals surface area contributed by atoms with Crippen LogP contribution in [-0.4, -0.2) is 42.6 Å². The van der Waals surface area contributed by atoms with Crippen LogP contribution in [0.3, 0.4) is 0 Å². The molecule has 0 bridgehead atoms. The molecule has 1 rings (SSSR count). The van der Waals surface area contributed by atoms with E-state index in [0.29, 0.717) is 6.54 Å². The van der Waals surface area contributed by atoms with E-state index in [9.17, 15) is 0 Å². The summed E-state index contributed by atoms with van der Waals surface area (Å²) in [5.41, 5.74) is 7.88. The molecule has 114 valence electrons. The first kappa shape index (κ1) is 16.9. The molecule has 1 aromatic rings. The zero-order valence-electron chi connectivity index (χ0n) is 13.5. The third kappa shape index (κ3) is 4.76. The quantitative estimate of drug-likeness (QED) is 0.753.